The molecule has 0 aromatic heterocycles. The Kier molecular flexibility index (Phi) is 4.39. The first kappa shape index (κ1) is 15.2. The summed E-state index contributed by atoms with van der Waals surface area (Å²) in [7, 11) is 1.62. The zero-order chi connectivity index (χ0) is 16.2. The zero-order valence-corrected chi connectivity index (χ0v) is 13.5. The van der Waals surface area contributed by atoms with E-state index >= 15 is 0 Å². The van der Waals surface area contributed by atoms with Gasteiger partial charge >= 0.3 is 0 Å². The van der Waals surface area contributed by atoms with Crippen LogP contribution in [0.1, 0.15) is 11.1 Å². The highest BCUT2D eigenvalue weighted by Gasteiger charge is 2.30. The molecule has 3 rings (SSSR count). The third-order valence-electron chi connectivity index (χ3n) is 3.57. The molecule has 1 N–H and O–H groups in total. The number of nitrogens with zero attached hydrogens (tertiary/aromatic N) is 1. The molecule has 4 nitrogen and oxygen atoms in total. The van der Waals surface area contributed by atoms with Crippen molar-refractivity contribution in [2.24, 2.45) is 0 Å². The van der Waals surface area contributed by atoms with Crippen LogP contribution in [0.15, 0.2) is 60.3 Å². The Bertz CT molecular complexity index is 754. The van der Waals surface area contributed by atoms with Crippen LogP contribution in [-0.2, 0) is 11.3 Å². The number of benzene rings is 2. The lowest BCUT2D eigenvalue weighted by Crippen LogP contribution is -2.29. The number of thiocarbonyl (C=S) groups is 1. The third kappa shape index (κ3) is 3.40. The van der Waals surface area contributed by atoms with Gasteiger partial charge in [-0.2, -0.15) is 0 Å². The summed E-state index contributed by atoms with van der Waals surface area (Å²) in [5, 5.41) is 3.42. The molecule has 0 spiro atoms. The van der Waals surface area contributed by atoms with E-state index in [1.54, 1.807) is 18.1 Å². The van der Waals surface area contributed by atoms with Gasteiger partial charge in [0.2, 0.25) is 0 Å². The van der Waals surface area contributed by atoms with Crippen molar-refractivity contribution in [3.63, 3.8) is 0 Å². The number of rotatable bonds is 4. The molecule has 0 aliphatic carbocycles. The Labute approximate surface area is 140 Å². The Balaban J connectivity index is 1.78. The number of carbonyl (C=O) groups excluding carboxylic acids is 1. The summed E-state index contributed by atoms with van der Waals surface area (Å²) in [6, 6.07) is 17.3. The van der Waals surface area contributed by atoms with E-state index in [0.717, 1.165) is 16.9 Å². The standard InChI is InChI=1S/C18H16N2O2S/c1-22-15-9-7-13(8-10-15)11-16-17(21)20(18(23)19-16)12-14-5-3-2-4-6-14/h2-11H,12H2,1H3,(H,19,23). The van der Waals surface area contributed by atoms with Crippen molar-refractivity contribution in [3.05, 3.63) is 71.4 Å². The summed E-state index contributed by atoms with van der Waals surface area (Å²) in [6.07, 6.45) is 1.79. The van der Waals surface area contributed by atoms with Crippen LogP contribution >= 0.6 is 12.2 Å². The van der Waals surface area contributed by atoms with Gasteiger partial charge in [0.1, 0.15) is 11.4 Å². The number of methoxy groups -OCH3 is 1. The highest BCUT2D eigenvalue weighted by Crippen LogP contribution is 2.18. The molecule has 0 bridgehead atoms. The van der Waals surface area contributed by atoms with Gasteiger partial charge in [-0.25, -0.2) is 0 Å². The van der Waals surface area contributed by atoms with Crippen LogP contribution in [0.5, 0.6) is 5.75 Å². The van der Waals surface area contributed by atoms with Gasteiger partial charge < -0.3 is 10.1 Å². The second-order valence-electron chi connectivity index (χ2n) is 5.14. The number of nitrogens with one attached hydrogen (secondary N) is 1. The first-order valence-electron chi connectivity index (χ1n) is 7.20. The molecule has 0 atom stereocenters. The zero-order valence-electron chi connectivity index (χ0n) is 12.7. The first-order valence-corrected chi connectivity index (χ1v) is 7.61. The average Bonchev–Trinajstić information content (AvgIpc) is 2.84. The van der Waals surface area contributed by atoms with E-state index in [-0.39, 0.29) is 5.91 Å². The summed E-state index contributed by atoms with van der Waals surface area (Å²) in [6.45, 7) is 0.464. The van der Waals surface area contributed by atoms with Gasteiger partial charge in [-0.3, -0.25) is 9.69 Å². The smallest absolute Gasteiger partial charge is 0.276 e. The van der Waals surface area contributed by atoms with Crippen LogP contribution in [0.3, 0.4) is 0 Å². The number of hydrogen-bond donors (Lipinski definition) is 1. The third-order valence-corrected chi connectivity index (χ3v) is 3.90. The molecule has 1 heterocycles. The molecule has 2 aromatic rings. The molecule has 1 aliphatic rings. The second-order valence-corrected chi connectivity index (χ2v) is 5.52. The first-order chi connectivity index (χ1) is 11.2. The van der Waals surface area contributed by atoms with E-state index in [1.807, 2.05) is 54.6 Å². The van der Waals surface area contributed by atoms with Gasteiger partial charge in [0.25, 0.3) is 5.91 Å². The quantitative estimate of drug-likeness (QED) is 0.693. The summed E-state index contributed by atoms with van der Waals surface area (Å²) in [4.78, 5) is 14.1. The summed E-state index contributed by atoms with van der Waals surface area (Å²) < 4.78 is 5.13. The van der Waals surface area contributed by atoms with E-state index in [2.05, 4.69) is 5.32 Å². The van der Waals surface area contributed by atoms with Crippen molar-refractivity contribution in [1.29, 1.82) is 0 Å². The van der Waals surface area contributed by atoms with Crippen LogP contribution in [0.2, 0.25) is 0 Å². The molecule has 1 aliphatic heterocycles. The van der Waals surface area contributed by atoms with Crippen molar-refractivity contribution in [2.75, 3.05) is 7.11 Å². The van der Waals surface area contributed by atoms with Crippen molar-refractivity contribution >= 4 is 29.3 Å². The molecule has 1 amide bonds. The molecule has 23 heavy (non-hydrogen) atoms. The van der Waals surface area contributed by atoms with E-state index in [1.165, 1.54) is 0 Å². The average molecular weight is 324 g/mol. The number of ether oxygens (including phenoxy) is 1. The van der Waals surface area contributed by atoms with Crippen molar-refractivity contribution in [2.45, 2.75) is 6.54 Å². The summed E-state index contributed by atoms with van der Waals surface area (Å²) in [5.41, 5.74) is 2.43. The van der Waals surface area contributed by atoms with E-state index in [0.29, 0.717) is 17.4 Å². The number of carbonyl (C=O) groups is 1. The van der Waals surface area contributed by atoms with Gasteiger partial charge in [-0.15, -0.1) is 0 Å². The topological polar surface area (TPSA) is 41.6 Å². The van der Waals surface area contributed by atoms with E-state index in [4.69, 9.17) is 17.0 Å². The monoisotopic (exact) mass is 324 g/mol. The minimum absolute atomic E-state index is 0.116. The van der Waals surface area contributed by atoms with Crippen molar-refractivity contribution in [3.8, 4) is 5.75 Å². The predicted molar refractivity (Wildman–Crippen MR) is 93.7 cm³/mol. The molecule has 1 fully saturated rings. The Morgan fingerprint density at radius 1 is 1.13 bits per heavy atom. The maximum absolute atomic E-state index is 12.5. The molecule has 0 saturated carbocycles. The molecule has 1 saturated heterocycles. The van der Waals surface area contributed by atoms with Gasteiger partial charge in [0, 0.05) is 0 Å². The maximum Gasteiger partial charge on any atom is 0.276 e. The molecular formula is C18H16N2O2S. The van der Waals surface area contributed by atoms with Gasteiger partial charge in [0.15, 0.2) is 5.11 Å². The van der Waals surface area contributed by atoms with Crippen molar-refractivity contribution in [1.82, 2.24) is 10.2 Å². The van der Waals surface area contributed by atoms with Crippen LogP contribution in [0.4, 0.5) is 0 Å². The molecule has 5 heteroatoms. The van der Waals surface area contributed by atoms with Gasteiger partial charge in [0.05, 0.1) is 13.7 Å². The highest BCUT2D eigenvalue weighted by atomic mass is 32.1. The number of amides is 1. The van der Waals surface area contributed by atoms with Crippen LogP contribution in [0.25, 0.3) is 6.08 Å². The number of hydrogen-bond acceptors (Lipinski definition) is 3. The van der Waals surface area contributed by atoms with E-state index in [9.17, 15) is 4.79 Å². The maximum atomic E-state index is 12.5. The molecule has 0 unspecified atom stereocenters. The van der Waals surface area contributed by atoms with Crippen LogP contribution in [0, 0.1) is 0 Å². The summed E-state index contributed by atoms with van der Waals surface area (Å²) >= 11 is 5.28. The Morgan fingerprint density at radius 3 is 2.48 bits per heavy atom. The minimum atomic E-state index is -0.116. The van der Waals surface area contributed by atoms with Gasteiger partial charge in [-0.1, -0.05) is 42.5 Å². The minimum Gasteiger partial charge on any atom is -0.497 e. The largest absolute Gasteiger partial charge is 0.497 e. The second kappa shape index (κ2) is 6.62. The molecule has 2 aromatic carbocycles. The van der Waals surface area contributed by atoms with Crippen molar-refractivity contribution < 1.29 is 9.53 Å². The van der Waals surface area contributed by atoms with Gasteiger partial charge in [-0.05, 0) is 41.6 Å². The fourth-order valence-electron chi connectivity index (χ4n) is 2.35. The molecular weight excluding hydrogens is 308 g/mol. The lowest BCUT2D eigenvalue weighted by molar-refractivity contribution is -0.122. The lowest BCUT2D eigenvalue weighted by Gasteiger charge is -2.13. The van der Waals surface area contributed by atoms with E-state index < -0.39 is 0 Å². The predicted octanol–water partition coefficient (Wildman–Crippen LogP) is 2.95. The summed E-state index contributed by atoms with van der Waals surface area (Å²) in [5.74, 6) is 0.661. The van der Waals surface area contributed by atoms with Crippen LogP contribution < -0.4 is 10.1 Å². The Hall–Kier alpha value is -2.66. The fraction of sp³-hybridized carbons (Fsp3) is 0.111. The molecule has 116 valence electrons. The normalized spacial score (nSPS) is 15.9. The molecule has 0 radical (unpaired) electrons. The SMILES string of the molecule is COc1ccc(C=C2NC(=S)N(Cc3ccccc3)C2=O)cc1. The fourth-order valence-corrected chi connectivity index (χ4v) is 2.61. The lowest BCUT2D eigenvalue weighted by atomic mass is 10.2. The van der Waals surface area contributed by atoms with Crippen LogP contribution in [-0.4, -0.2) is 23.0 Å². The highest BCUT2D eigenvalue weighted by molar-refractivity contribution is 7.80. The Morgan fingerprint density at radius 2 is 1.83 bits per heavy atom.